The topological polar surface area (TPSA) is 56.1 Å². The number of ether oxygens (including phenoxy) is 1. The van der Waals surface area contributed by atoms with E-state index < -0.39 is 0 Å². The second-order valence-corrected chi connectivity index (χ2v) is 3.08. The number of aryl methyl sites for hydroxylation is 2. The number of hydrogen-bond acceptors (Lipinski definition) is 4. The summed E-state index contributed by atoms with van der Waals surface area (Å²) in [5, 5.41) is 7.16. The molecule has 0 fully saturated rings. The van der Waals surface area contributed by atoms with Crippen LogP contribution in [0.4, 0.5) is 0 Å². The molecule has 1 aromatic heterocycles. The Morgan fingerprint density at radius 2 is 2.43 bits per heavy atom. The van der Waals surface area contributed by atoms with Gasteiger partial charge in [-0.1, -0.05) is 0 Å². The van der Waals surface area contributed by atoms with E-state index >= 15 is 0 Å². The van der Waals surface area contributed by atoms with Gasteiger partial charge in [0.2, 0.25) is 0 Å². The van der Waals surface area contributed by atoms with Gasteiger partial charge >= 0.3 is 5.97 Å². The van der Waals surface area contributed by atoms with Crippen molar-refractivity contribution >= 4 is 5.97 Å². The molecule has 0 saturated carbocycles. The first-order valence-corrected chi connectivity index (χ1v) is 4.40. The molecule has 0 amide bonds. The molecule has 5 nitrogen and oxygen atoms in total. The molecule has 0 aliphatic heterocycles. The molecule has 0 radical (unpaired) electrons. The highest BCUT2D eigenvalue weighted by Crippen LogP contribution is 2.00. The van der Waals surface area contributed by atoms with E-state index in [4.69, 9.17) is 0 Å². The number of nitrogens with zero attached hydrogens (tertiary/aromatic N) is 2. The summed E-state index contributed by atoms with van der Waals surface area (Å²) in [7, 11) is 3.25. The number of aromatic nitrogens is 2. The van der Waals surface area contributed by atoms with E-state index in [1.54, 1.807) is 4.68 Å². The van der Waals surface area contributed by atoms with Crippen LogP contribution in [0.15, 0.2) is 6.07 Å². The van der Waals surface area contributed by atoms with Crippen LogP contribution in [-0.2, 0) is 23.1 Å². The van der Waals surface area contributed by atoms with E-state index in [2.05, 4.69) is 15.2 Å². The number of rotatable bonds is 4. The Balaban J connectivity index is 2.38. The van der Waals surface area contributed by atoms with E-state index in [1.807, 2.05) is 20.0 Å². The zero-order chi connectivity index (χ0) is 10.6. The standard InChI is InChI=1S/C9H15N3O2/c1-7-4-8(12(2)11-7)5-10-6-9(13)14-3/h4,10H,5-6H2,1-3H3. The van der Waals surface area contributed by atoms with Crippen LogP contribution in [0.3, 0.4) is 0 Å². The fourth-order valence-corrected chi connectivity index (χ4v) is 1.19. The lowest BCUT2D eigenvalue weighted by Gasteiger charge is -2.03. The number of methoxy groups -OCH3 is 1. The lowest BCUT2D eigenvalue weighted by Crippen LogP contribution is -2.24. The second-order valence-electron chi connectivity index (χ2n) is 3.08. The molecule has 0 saturated heterocycles. The van der Waals surface area contributed by atoms with Crippen molar-refractivity contribution < 1.29 is 9.53 Å². The molecule has 0 unspecified atom stereocenters. The van der Waals surface area contributed by atoms with E-state index in [9.17, 15) is 4.79 Å². The molecule has 0 aliphatic carbocycles. The van der Waals surface area contributed by atoms with Crippen molar-refractivity contribution in [1.82, 2.24) is 15.1 Å². The molecule has 1 rings (SSSR count). The van der Waals surface area contributed by atoms with Gasteiger partial charge in [0.05, 0.1) is 25.0 Å². The van der Waals surface area contributed by atoms with Crippen LogP contribution in [0, 0.1) is 6.92 Å². The van der Waals surface area contributed by atoms with E-state index in [0.717, 1.165) is 11.4 Å². The molecule has 1 aromatic rings. The van der Waals surface area contributed by atoms with Crippen LogP contribution >= 0.6 is 0 Å². The van der Waals surface area contributed by atoms with Crippen LogP contribution in [0.2, 0.25) is 0 Å². The first-order chi connectivity index (χ1) is 6.63. The van der Waals surface area contributed by atoms with Crippen LogP contribution < -0.4 is 5.32 Å². The molecule has 0 atom stereocenters. The maximum atomic E-state index is 10.8. The van der Waals surface area contributed by atoms with Gasteiger partial charge in [-0.3, -0.25) is 9.48 Å². The van der Waals surface area contributed by atoms with Crippen molar-refractivity contribution in [2.24, 2.45) is 7.05 Å². The van der Waals surface area contributed by atoms with Crippen molar-refractivity contribution in [3.63, 3.8) is 0 Å². The number of carbonyl (C=O) groups excluding carboxylic acids is 1. The number of nitrogens with one attached hydrogen (secondary N) is 1. The Hall–Kier alpha value is -1.36. The van der Waals surface area contributed by atoms with Crippen molar-refractivity contribution in [1.29, 1.82) is 0 Å². The van der Waals surface area contributed by atoms with Gasteiger partial charge in [0, 0.05) is 13.6 Å². The number of hydrogen-bond donors (Lipinski definition) is 1. The van der Waals surface area contributed by atoms with Gasteiger partial charge in [-0.05, 0) is 13.0 Å². The number of esters is 1. The summed E-state index contributed by atoms with van der Waals surface area (Å²) >= 11 is 0. The highest BCUT2D eigenvalue weighted by atomic mass is 16.5. The second kappa shape index (κ2) is 4.76. The predicted octanol–water partition coefficient (Wildman–Crippen LogP) is -0.00888. The molecular formula is C9H15N3O2. The smallest absolute Gasteiger partial charge is 0.319 e. The first-order valence-electron chi connectivity index (χ1n) is 4.40. The third-order valence-corrected chi connectivity index (χ3v) is 1.90. The van der Waals surface area contributed by atoms with Gasteiger partial charge in [0.25, 0.3) is 0 Å². The van der Waals surface area contributed by atoms with Crippen LogP contribution in [0.25, 0.3) is 0 Å². The molecule has 1 N–H and O–H groups in total. The lowest BCUT2D eigenvalue weighted by atomic mass is 10.3. The van der Waals surface area contributed by atoms with Gasteiger partial charge < -0.3 is 10.1 Å². The van der Waals surface area contributed by atoms with Crippen LogP contribution in [-0.4, -0.2) is 29.4 Å². The summed E-state index contributed by atoms with van der Waals surface area (Å²) in [5.41, 5.74) is 2.02. The Morgan fingerprint density at radius 1 is 1.71 bits per heavy atom. The minimum Gasteiger partial charge on any atom is -0.468 e. The lowest BCUT2D eigenvalue weighted by molar-refractivity contribution is -0.139. The van der Waals surface area contributed by atoms with Crippen molar-refractivity contribution in [2.45, 2.75) is 13.5 Å². The Morgan fingerprint density at radius 3 is 2.93 bits per heavy atom. The molecule has 78 valence electrons. The molecule has 14 heavy (non-hydrogen) atoms. The molecule has 5 heteroatoms. The Labute approximate surface area is 83.1 Å². The van der Waals surface area contributed by atoms with Gasteiger partial charge in [-0.2, -0.15) is 5.10 Å². The molecule has 0 spiro atoms. The van der Waals surface area contributed by atoms with E-state index in [-0.39, 0.29) is 12.5 Å². The largest absolute Gasteiger partial charge is 0.468 e. The summed E-state index contributed by atoms with van der Waals surface area (Å²) in [4.78, 5) is 10.8. The Kier molecular flexibility index (Phi) is 3.64. The fraction of sp³-hybridized carbons (Fsp3) is 0.556. The minimum absolute atomic E-state index is 0.223. The highest BCUT2D eigenvalue weighted by molar-refractivity contribution is 5.71. The van der Waals surface area contributed by atoms with Gasteiger partial charge in [0.15, 0.2) is 0 Å². The average Bonchev–Trinajstić information content (AvgIpc) is 2.45. The Bertz CT molecular complexity index is 320. The average molecular weight is 197 g/mol. The fourth-order valence-electron chi connectivity index (χ4n) is 1.19. The molecular weight excluding hydrogens is 182 g/mol. The van der Waals surface area contributed by atoms with E-state index in [1.165, 1.54) is 7.11 Å². The zero-order valence-electron chi connectivity index (χ0n) is 8.70. The normalized spacial score (nSPS) is 10.2. The summed E-state index contributed by atoms with van der Waals surface area (Å²) < 4.78 is 6.29. The highest BCUT2D eigenvalue weighted by Gasteiger charge is 2.03. The summed E-state index contributed by atoms with van der Waals surface area (Å²) in [6.45, 7) is 2.77. The molecule has 0 bridgehead atoms. The predicted molar refractivity (Wildman–Crippen MR) is 51.7 cm³/mol. The molecule has 0 aromatic carbocycles. The van der Waals surface area contributed by atoms with Gasteiger partial charge in [-0.15, -0.1) is 0 Å². The number of carbonyl (C=O) groups is 1. The van der Waals surface area contributed by atoms with Crippen molar-refractivity contribution in [3.8, 4) is 0 Å². The monoisotopic (exact) mass is 197 g/mol. The minimum atomic E-state index is -0.260. The van der Waals surface area contributed by atoms with E-state index in [0.29, 0.717) is 6.54 Å². The van der Waals surface area contributed by atoms with Gasteiger partial charge in [0.1, 0.15) is 0 Å². The third kappa shape index (κ3) is 2.85. The summed E-state index contributed by atoms with van der Waals surface area (Å²) in [6.07, 6.45) is 0. The maximum Gasteiger partial charge on any atom is 0.319 e. The van der Waals surface area contributed by atoms with Gasteiger partial charge in [-0.25, -0.2) is 0 Å². The first kappa shape index (κ1) is 10.7. The third-order valence-electron chi connectivity index (χ3n) is 1.90. The summed E-state index contributed by atoms with van der Waals surface area (Å²) in [6, 6.07) is 1.98. The van der Waals surface area contributed by atoms with Crippen molar-refractivity contribution in [2.75, 3.05) is 13.7 Å². The maximum absolute atomic E-state index is 10.8. The van der Waals surface area contributed by atoms with Crippen LogP contribution in [0.1, 0.15) is 11.4 Å². The SMILES string of the molecule is COC(=O)CNCc1cc(C)nn1C. The quantitative estimate of drug-likeness (QED) is 0.690. The van der Waals surface area contributed by atoms with Crippen LogP contribution in [0.5, 0.6) is 0 Å². The van der Waals surface area contributed by atoms with Crippen molar-refractivity contribution in [3.05, 3.63) is 17.5 Å². The summed E-state index contributed by atoms with van der Waals surface area (Å²) in [5.74, 6) is -0.260. The molecule has 1 heterocycles. The zero-order valence-corrected chi connectivity index (χ0v) is 8.70. The molecule has 0 aliphatic rings.